The van der Waals surface area contributed by atoms with E-state index < -0.39 is 14.3 Å². The van der Waals surface area contributed by atoms with Crippen LogP contribution in [-0.4, -0.2) is 28.0 Å². The average Bonchev–Trinajstić information content (AvgIpc) is 3.16. The Labute approximate surface area is 190 Å². The lowest BCUT2D eigenvalue weighted by molar-refractivity contribution is 0.0602. The van der Waals surface area contributed by atoms with Crippen LogP contribution in [0.2, 0.25) is 5.04 Å². The molecular formula is C25H31NO3SSi. The highest BCUT2D eigenvalue weighted by molar-refractivity contribution is 7.16. The van der Waals surface area contributed by atoms with E-state index in [1.165, 1.54) is 28.8 Å². The summed E-state index contributed by atoms with van der Waals surface area (Å²) in [4.78, 5) is 13.0. The van der Waals surface area contributed by atoms with Crippen LogP contribution in [0.4, 0.5) is 5.00 Å². The number of benzene rings is 2. The average molecular weight is 454 g/mol. The predicted octanol–water partition coefficient (Wildman–Crippen LogP) is 4.80. The van der Waals surface area contributed by atoms with Gasteiger partial charge in [0.2, 0.25) is 0 Å². The zero-order valence-corrected chi connectivity index (χ0v) is 20.7. The molecule has 6 heteroatoms. The van der Waals surface area contributed by atoms with Crippen LogP contribution in [0.1, 0.15) is 48.8 Å². The Morgan fingerprint density at radius 1 is 1.03 bits per heavy atom. The normalized spacial score (nSPS) is 13.1. The monoisotopic (exact) mass is 453 g/mol. The molecule has 0 aliphatic carbocycles. The van der Waals surface area contributed by atoms with Crippen LogP contribution in [0.3, 0.4) is 0 Å². The summed E-state index contributed by atoms with van der Waals surface area (Å²) in [6, 6.07) is 23.0. The molecule has 1 atom stereocenters. The second-order valence-corrected chi connectivity index (χ2v) is 14.2. The van der Waals surface area contributed by atoms with Crippen molar-refractivity contribution < 1.29 is 14.0 Å². The molecule has 3 aromatic rings. The smallest absolute Gasteiger partial charge is 0.340 e. The zero-order chi connectivity index (χ0) is 22.6. The van der Waals surface area contributed by atoms with Crippen molar-refractivity contribution in [2.45, 2.75) is 38.7 Å². The van der Waals surface area contributed by atoms with Gasteiger partial charge in [-0.1, -0.05) is 88.4 Å². The second-order valence-electron chi connectivity index (χ2n) is 8.79. The topological polar surface area (TPSA) is 61.5 Å². The third-order valence-corrected chi connectivity index (χ3v) is 11.8. The number of nitrogens with two attached hydrogens (primary N) is 1. The van der Waals surface area contributed by atoms with E-state index in [9.17, 15) is 4.79 Å². The van der Waals surface area contributed by atoms with Gasteiger partial charge in [0.25, 0.3) is 8.32 Å². The first-order chi connectivity index (χ1) is 14.7. The summed E-state index contributed by atoms with van der Waals surface area (Å²) < 4.78 is 11.9. The molecule has 0 spiro atoms. The van der Waals surface area contributed by atoms with Gasteiger partial charge in [0.1, 0.15) is 5.00 Å². The maximum atomic E-state index is 12.0. The van der Waals surface area contributed by atoms with Crippen molar-refractivity contribution in [3.05, 3.63) is 77.2 Å². The van der Waals surface area contributed by atoms with Crippen molar-refractivity contribution in [2.75, 3.05) is 19.5 Å². The number of anilines is 1. The van der Waals surface area contributed by atoms with Crippen molar-refractivity contribution in [2.24, 2.45) is 0 Å². The number of ether oxygens (including phenoxy) is 1. The molecule has 4 nitrogen and oxygen atoms in total. The summed E-state index contributed by atoms with van der Waals surface area (Å²) in [5.74, 6) is -0.313. The summed E-state index contributed by atoms with van der Waals surface area (Å²) >= 11 is 1.43. The molecule has 0 saturated heterocycles. The van der Waals surface area contributed by atoms with Crippen molar-refractivity contribution in [1.29, 1.82) is 0 Å². The Morgan fingerprint density at radius 2 is 1.55 bits per heavy atom. The quantitative estimate of drug-likeness (QED) is 0.412. The minimum Gasteiger partial charge on any atom is -0.465 e. The Bertz CT molecular complexity index is 973. The van der Waals surface area contributed by atoms with Gasteiger partial charge in [-0.2, -0.15) is 0 Å². The number of thiophene rings is 1. The zero-order valence-electron chi connectivity index (χ0n) is 18.8. The van der Waals surface area contributed by atoms with Crippen molar-refractivity contribution in [3.8, 4) is 0 Å². The van der Waals surface area contributed by atoms with E-state index in [4.69, 9.17) is 14.9 Å². The number of nitrogen functional groups attached to an aromatic ring is 1. The van der Waals surface area contributed by atoms with Crippen LogP contribution in [0, 0.1) is 0 Å². The maximum absolute atomic E-state index is 12.0. The van der Waals surface area contributed by atoms with E-state index in [2.05, 4.69) is 76.2 Å². The van der Waals surface area contributed by atoms with Gasteiger partial charge in [0.05, 0.1) is 12.7 Å². The molecule has 0 amide bonds. The van der Waals surface area contributed by atoms with E-state index in [1.807, 2.05) is 18.2 Å². The molecule has 1 aromatic heterocycles. The van der Waals surface area contributed by atoms with Crippen molar-refractivity contribution >= 4 is 41.0 Å². The molecule has 0 aliphatic rings. The number of carbonyl (C=O) groups excluding carboxylic acids is 1. The molecule has 0 unspecified atom stereocenters. The molecule has 0 bridgehead atoms. The highest BCUT2D eigenvalue weighted by Gasteiger charge is 2.50. The highest BCUT2D eigenvalue weighted by Crippen LogP contribution is 2.38. The second kappa shape index (κ2) is 9.38. The standard InChI is InChI=1S/C25H31NO3SSi/c1-18(22-16-21(23(26)30-22)24(27)28-5)17-29-31(25(2,3)4,19-12-8-6-9-13-19)20-14-10-7-11-15-20/h6-16,18H,17,26H2,1-5H3/t18-/m0/s1. The Kier molecular flexibility index (Phi) is 7.04. The van der Waals surface area contributed by atoms with Gasteiger partial charge in [-0.25, -0.2) is 4.79 Å². The van der Waals surface area contributed by atoms with E-state index in [0.29, 0.717) is 17.2 Å². The first kappa shape index (κ1) is 23.3. The fourth-order valence-corrected chi connectivity index (χ4v) is 9.64. The molecule has 31 heavy (non-hydrogen) atoms. The third kappa shape index (κ3) is 4.61. The van der Waals surface area contributed by atoms with Gasteiger partial charge in [-0.15, -0.1) is 11.3 Å². The fraction of sp³-hybridized carbons (Fsp3) is 0.320. The van der Waals surface area contributed by atoms with Crippen molar-refractivity contribution in [1.82, 2.24) is 0 Å². The molecule has 1 heterocycles. The summed E-state index contributed by atoms with van der Waals surface area (Å²) in [6.45, 7) is 9.45. The molecule has 0 saturated carbocycles. The number of rotatable bonds is 7. The molecule has 0 aliphatic heterocycles. The van der Waals surface area contributed by atoms with Crippen LogP contribution >= 0.6 is 11.3 Å². The minimum atomic E-state index is -2.60. The minimum absolute atomic E-state index is 0.0823. The number of carbonyl (C=O) groups is 1. The van der Waals surface area contributed by atoms with Crippen LogP contribution in [-0.2, 0) is 9.16 Å². The molecule has 164 valence electrons. The summed E-state index contributed by atoms with van der Waals surface area (Å²) in [6.07, 6.45) is 0. The Balaban J connectivity index is 1.99. The fourth-order valence-electron chi connectivity index (χ4n) is 4.03. The van der Waals surface area contributed by atoms with Gasteiger partial charge in [0, 0.05) is 17.4 Å². The number of esters is 1. The van der Waals surface area contributed by atoms with E-state index in [-0.39, 0.29) is 11.0 Å². The summed E-state index contributed by atoms with van der Waals surface area (Å²) in [7, 11) is -1.23. The van der Waals surface area contributed by atoms with Gasteiger partial charge in [0.15, 0.2) is 0 Å². The van der Waals surface area contributed by atoms with E-state index in [0.717, 1.165) is 4.88 Å². The molecule has 2 N–H and O–H groups in total. The molecule has 2 aromatic carbocycles. The Hall–Kier alpha value is -2.41. The highest BCUT2D eigenvalue weighted by atomic mass is 32.1. The predicted molar refractivity (Wildman–Crippen MR) is 132 cm³/mol. The van der Waals surface area contributed by atoms with Gasteiger partial charge in [-0.05, 0) is 21.5 Å². The number of hydrogen-bond donors (Lipinski definition) is 1. The van der Waals surface area contributed by atoms with Gasteiger partial charge in [-0.3, -0.25) is 0 Å². The number of methoxy groups -OCH3 is 1. The van der Waals surface area contributed by atoms with Crippen LogP contribution in [0.15, 0.2) is 66.7 Å². The SMILES string of the molecule is COC(=O)c1cc([C@@H](C)CO[Si](c2ccccc2)(c2ccccc2)C(C)(C)C)sc1N. The van der Waals surface area contributed by atoms with E-state index >= 15 is 0 Å². The molecule has 0 radical (unpaired) electrons. The molecular weight excluding hydrogens is 422 g/mol. The summed E-state index contributed by atoms with van der Waals surface area (Å²) in [5.41, 5.74) is 6.50. The largest absolute Gasteiger partial charge is 0.465 e. The molecule has 0 fully saturated rings. The first-order valence-corrected chi connectivity index (χ1v) is 13.2. The molecule has 3 rings (SSSR count). The lowest BCUT2D eigenvalue weighted by Crippen LogP contribution is -2.66. The third-order valence-electron chi connectivity index (χ3n) is 5.64. The van der Waals surface area contributed by atoms with Crippen LogP contribution in [0.5, 0.6) is 0 Å². The lowest BCUT2D eigenvalue weighted by atomic mass is 10.1. The summed E-state index contributed by atoms with van der Waals surface area (Å²) in [5, 5.41) is 2.91. The first-order valence-electron chi connectivity index (χ1n) is 10.4. The van der Waals surface area contributed by atoms with Gasteiger partial charge < -0.3 is 14.9 Å². The lowest BCUT2D eigenvalue weighted by Gasteiger charge is -2.43. The number of hydrogen-bond acceptors (Lipinski definition) is 5. The van der Waals surface area contributed by atoms with Crippen LogP contribution < -0.4 is 16.1 Å². The van der Waals surface area contributed by atoms with Crippen LogP contribution in [0.25, 0.3) is 0 Å². The van der Waals surface area contributed by atoms with Gasteiger partial charge >= 0.3 is 5.97 Å². The van der Waals surface area contributed by atoms with Crippen molar-refractivity contribution in [3.63, 3.8) is 0 Å². The maximum Gasteiger partial charge on any atom is 0.340 e. The Morgan fingerprint density at radius 3 is 2.00 bits per heavy atom. The van der Waals surface area contributed by atoms with E-state index in [1.54, 1.807) is 0 Å².